The normalized spacial score (nSPS) is 23.9. The van der Waals surface area contributed by atoms with Gasteiger partial charge in [0.15, 0.2) is 0 Å². The Morgan fingerprint density at radius 1 is 1.22 bits per heavy atom. The van der Waals surface area contributed by atoms with Gasteiger partial charge >= 0.3 is 0 Å². The van der Waals surface area contributed by atoms with Gasteiger partial charge in [-0.1, -0.05) is 31.0 Å². The van der Waals surface area contributed by atoms with Crippen molar-refractivity contribution < 1.29 is 4.74 Å². The second kappa shape index (κ2) is 6.24. The summed E-state index contributed by atoms with van der Waals surface area (Å²) in [7, 11) is 0. The number of nitrogens with two attached hydrogens (primary N) is 1. The number of hydrogen-bond acceptors (Lipinski definition) is 2. The first-order valence-corrected chi connectivity index (χ1v) is 7.19. The molecule has 0 radical (unpaired) electrons. The lowest BCUT2D eigenvalue weighted by molar-refractivity contribution is 0.129. The summed E-state index contributed by atoms with van der Waals surface area (Å²) in [4.78, 5) is 0. The highest BCUT2D eigenvalue weighted by Crippen LogP contribution is 2.30. The van der Waals surface area contributed by atoms with E-state index in [-0.39, 0.29) is 0 Å². The molecule has 1 aliphatic carbocycles. The van der Waals surface area contributed by atoms with E-state index in [2.05, 4.69) is 32.0 Å². The van der Waals surface area contributed by atoms with E-state index in [9.17, 15) is 0 Å². The molecule has 0 aliphatic heterocycles. The predicted molar refractivity (Wildman–Crippen MR) is 75.7 cm³/mol. The van der Waals surface area contributed by atoms with Crippen molar-refractivity contribution in [2.24, 2.45) is 11.7 Å². The van der Waals surface area contributed by atoms with Crippen LogP contribution in [0.5, 0.6) is 5.75 Å². The maximum Gasteiger partial charge on any atom is 0.124 e. The monoisotopic (exact) mass is 247 g/mol. The molecule has 0 heterocycles. The zero-order valence-corrected chi connectivity index (χ0v) is 11.6. The van der Waals surface area contributed by atoms with Crippen molar-refractivity contribution in [2.75, 3.05) is 0 Å². The maximum absolute atomic E-state index is 6.15. The van der Waals surface area contributed by atoms with E-state index < -0.39 is 0 Å². The van der Waals surface area contributed by atoms with E-state index in [0.717, 1.165) is 17.2 Å². The van der Waals surface area contributed by atoms with Gasteiger partial charge in [-0.15, -0.1) is 0 Å². The van der Waals surface area contributed by atoms with Gasteiger partial charge in [-0.05, 0) is 44.6 Å². The molecule has 1 aliphatic rings. The molecule has 1 saturated carbocycles. The Balaban J connectivity index is 1.97. The van der Waals surface area contributed by atoms with E-state index in [0.29, 0.717) is 12.6 Å². The van der Waals surface area contributed by atoms with E-state index in [1.54, 1.807) is 0 Å². The van der Waals surface area contributed by atoms with Gasteiger partial charge in [0, 0.05) is 12.1 Å². The number of hydrogen-bond donors (Lipinski definition) is 1. The molecule has 0 bridgehead atoms. The van der Waals surface area contributed by atoms with Crippen LogP contribution in [-0.4, -0.2) is 6.10 Å². The van der Waals surface area contributed by atoms with Crippen molar-refractivity contribution >= 4 is 0 Å². The Morgan fingerprint density at radius 3 is 2.56 bits per heavy atom. The highest BCUT2D eigenvalue weighted by atomic mass is 16.5. The minimum absolute atomic E-state index is 0.390. The Kier molecular flexibility index (Phi) is 4.65. The minimum atomic E-state index is 0.390. The van der Waals surface area contributed by atoms with Gasteiger partial charge in [0.1, 0.15) is 5.75 Å². The van der Waals surface area contributed by atoms with Crippen molar-refractivity contribution in [2.45, 2.75) is 58.6 Å². The molecule has 0 spiro atoms. The summed E-state index contributed by atoms with van der Waals surface area (Å²) in [5.74, 6) is 1.90. The van der Waals surface area contributed by atoms with Crippen molar-refractivity contribution in [1.29, 1.82) is 0 Å². The second-order valence-electron chi connectivity index (χ2n) is 5.48. The van der Waals surface area contributed by atoms with Crippen LogP contribution >= 0.6 is 0 Å². The van der Waals surface area contributed by atoms with Crippen LogP contribution < -0.4 is 10.5 Å². The molecule has 2 rings (SSSR count). The lowest BCUT2D eigenvalue weighted by atomic mass is 9.86. The summed E-state index contributed by atoms with van der Waals surface area (Å²) in [5.41, 5.74) is 8.17. The molecule has 2 nitrogen and oxygen atoms in total. The summed E-state index contributed by atoms with van der Waals surface area (Å²) in [6.07, 6.45) is 6.70. The fourth-order valence-corrected chi connectivity index (χ4v) is 2.82. The van der Waals surface area contributed by atoms with Crippen LogP contribution in [0.2, 0.25) is 0 Å². The summed E-state index contributed by atoms with van der Waals surface area (Å²) >= 11 is 0. The molecule has 0 amide bonds. The van der Waals surface area contributed by atoms with Crippen LogP contribution in [0, 0.1) is 12.8 Å². The number of rotatable bonds is 4. The third-order valence-electron chi connectivity index (χ3n) is 4.10. The van der Waals surface area contributed by atoms with Gasteiger partial charge in [-0.3, -0.25) is 0 Å². The lowest BCUT2D eigenvalue weighted by Crippen LogP contribution is -2.24. The lowest BCUT2D eigenvalue weighted by Gasteiger charge is -2.29. The third-order valence-corrected chi connectivity index (χ3v) is 4.10. The van der Waals surface area contributed by atoms with Gasteiger partial charge in [0.05, 0.1) is 6.10 Å². The Hall–Kier alpha value is -1.02. The summed E-state index contributed by atoms with van der Waals surface area (Å²) < 4.78 is 6.15. The van der Waals surface area contributed by atoms with Gasteiger partial charge in [-0.2, -0.15) is 0 Å². The average Bonchev–Trinajstić information content (AvgIpc) is 2.41. The molecule has 0 aromatic heterocycles. The maximum atomic E-state index is 6.15. The summed E-state index contributed by atoms with van der Waals surface area (Å²) in [6, 6.07) is 6.31. The first kappa shape index (κ1) is 13.4. The van der Waals surface area contributed by atoms with Gasteiger partial charge < -0.3 is 10.5 Å². The zero-order valence-electron chi connectivity index (χ0n) is 11.6. The van der Waals surface area contributed by atoms with Crippen molar-refractivity contribution in [3.63, 3.8) is 0 Å². The van der Waals surface area contributed by atoms with Crippen LogP contribution in [0.4, 0.5) is 0 Å². The molecule has 2 heteroatoms. The SMILES string of the molecule is CCC1CCC(Oc2ccc(C)cc2CN)CC1. The zero-order chi connectivity index (χ0) is 13.0. The van der Waals surface area contributed by atoms with Crippen LogP contribution in [0.3, 0.4) is 0 Å². The van der Waals surface area contributed by atoms with Crippen LogP contribution in [-0.2, 0) is 6.54 Å². The van der Waals surface area contributed by atoms with E-state index in [1.165, 1.54) is 37.7 Å². The van der Waals surface area contributed by atoms with Crippen LogP contribution in [0.1, 0.15) is 50.2 Å². The molecular formula is C16H25NO. The number of ether oxygens (including phenoxy) is 1. The van der Waals surface area contributed by atoms with Crippen molar-refractivity contribution in [3.05, 3.63) is 29.3 Å². The summed E-state index contributed by atoms with van der Waals surface area (Å²) in [5, 5.41) is 0. The van der Waals surface area contributed by atoms with E-state index >= 15 is 0 Å². The highest BCUT2D eigenvalue weighted by molar-refractivity contribution is 5.36. The molecule has 18 heavy (non-hydrogen) atoms. The molecule has 0 unspecified atom stereocenters. The van der Waals surface area contributed by atoms with Crippen molar-refractivity contribution in [3.8, 4) is 5.75 Å². The first-order valence-electron chi connectivity index (χ1n) is 7.19. The van der Waals surface area contributed by atoms with Crippen LogP contribution in [0.25, 0.3) is 0 Å². The quantitative estimate of drug-likeness (QED) is 0.878. The van der Waals surface area contributed by atoms with Gasteiger partial charge in [-0.25, -0.2) is 0 Å². The fourth-order valence-electron chi connectivity index (χ4n) is 2.82. The van der Waals surface area contributed by atoms with Gasteiger partial charge in [0.25, 0.3) is 0 Å². The Bertz CT molecular complexity index is 381. The topological polar surface area (TPSA) is 35.2 Å². The van der Waals surface area contributed by atoms with Crippen molar-refractivity contribution in [1.82, 2.24) is 0 Å². The smallest absolute Gasteiger partial charge is 0.124 e. The molecule has 1 fully saturated rings. The first-order chi connectivity index (χ1) is 8.72. The van der Waals surface area contributed by atoms with E-state index in [1.807, 2.05) is 0 Å². The molecule has 0 atom stereocenters. The van der Waals surface area contributed by atoms with E-state index in [4.69, 9.17) is 10.5 Å². The number of aryl methyl sites for hydroxylation is 1. The predicted octanol–water partition coefficient (Wildman–Crippen LogP) is 3.80. The number of benzene rings is 1. The average molecular weight is 247 g/mol. The standard InChI is InChI=1S/C16H25NO/c1-3-13-5-7-15(8-6-13)18-16-9-4-12(2)10-14(16)11-17/h4,9-10,13,15H,3,5-8,11,17H2,1-2H3. The fraction of sp³-hybridized carbons (Fsp3) is 0.625. The molecule has 2 N–H and O–H groups in total. The Labute approximate surface area is 111 Å². The Morgan fingerprint density at radius 2 is 1.94 bits per heavy atom. The molecular weight excluding hydrogens is 222 g/mol. The van der Waals surface area contributed by atoms with Crippen LogP contribution in [0.15, 0.2) is 18.2 Å². The second-order valence-corrected chi connectivity index (χ2v) is 5.48. The van der Waals surface area contributed by atoms with Gasteiger partial charge in [0.2, 0.25) is 0 Å². The minimum Gasteiger partial charge on any atom is -0.490 e. The summed E-state index contributed by atoms with van der Waals surface area (Å²) in [6.45, 7) is 4.94. The third kappa shape index (κ3) is 3.26. The molecule has 1 aromatic rings. The molecule has 1 aromatic carbocycles. The molecule has 0 saturated heterocycles. The largest absolute Gasteiger partial charge is 0.490 e. The highest BCUT2D eigenvalue weighted by Gasteiger charge is 2.21. The molecule has 100 valence electrons.